The number of rotatable bonds is 3. The third-order valence-electron chi connectivity index (χ3n) is 4.79. The maximum absolute atomic E-state index is 12.6. The van der Waals surface area contributed by atoms with Crippen LogP contribution in [0.5, 0.6) is 0 Å². The summed E-state index contributed by atoms with van der Waals surface area (Å²) in [6.45, 7) is 5.33. The van der Waals surface area contributed by atoms with Gasteiger partial charge < -0.3 is 10.0 Å². The minimum Gasteiger partial charge on any atom is -0.396 e. The van der Waals surface area contributed by atoms with Crippen LogP contribution < -0.4 is 4.90 Å². The van der Waals surface area contributed by atoms with Crippen molar-refractivity contribution in [3.8, 4) is 0 Å². The van der Waals surface area contributed by atoms with Crippen LogP contribution in [0.4, 0.5) is 5.69 Å². The SMILES string of the molecule is CC1(CO)CCCN(CC(=O)N2CCc3ccccc32)C1. The number of hydrogen-bond acceptors (Lipinski definition) is 3. The van der Waals surface area contributed by atoms with Crippen LogP contribution in [0.25, 0.3) is 0 Å². The number of fused-ring (bicyclic) bond motifs is 1. The highest BCUT2D eigenvalue weighted by atomic mass is 16.3. The van der Waals surface area contributed by atoms with E-state index in [4.69, 9.17) is 0 Å². The molecule has 21 heavy (non-hydrogen) atoms. The molecular weight excluding hydrogens is 264 g/mol. The predicted octanol–water partition coefficient (Wildman–Crippen LogP) is 1.67. The van der Waals surface area contributed by atoms with Gasteiger partial charge >= 0.3 is 0 Å². The fraction of sp³-hybridized carbons (Fsp3) is 0.588. The first kappa shape index (κ1) is 14.5. The molecule has 2 aliphatic rings. The molecule has 0 aromatic heterocycles. The first-order valence-electron chi connectivity index (χ1n) is 7.83. The van der Waals surface area contributed by atoms with E-state index in [-0.39, 0.29) is 17.9 Å². The summed E-state index contributed by atoms with van der Waals surface area (Å²) in [4.78, 5) is 16.7. The van der Waals surface area contributed by atoms with Crippen molar-refractivity contribution in [1.82, 2.24) is 4.90 Å². The molecule has 1 atom stereocenters. The molecule has 0 radical (unpaired) electrons. The molecule has 114 valence electrons. The Balaban J connectivity index is 1.65. The molecule has 0 bridgehead atoms. The van der Waals surface area contributed by atoms with Crippen molar-refractivity contribution in [2.24, 2.45) is 5.41 Å². The van der Waals surface area contributed by atoms with E-state index in [0.29, 0.717) is 6.54 Å². The normalized spacial score (nSPS) is 25.9. The lowest BCUT2D eigenvalue weighted by Gasteiger charge is -2.39. The van der Waals surface area contributed by atoms with Gasteiger partial charge in [-0.2, -0.15) is 0 Å². The molecule has 4 heteroatoms. The smallest absolute Gasteiger partial charge is 0.241 e. The summed E-state index contributed by atoms with van der Waals surface area (Å²) >= 11 is 0. The van der Waals surface area contributed by atoms with Crippen LogP contribution in [0.15, 0.2) is 24.3 Å². The first-order chi connectivity index (χ1) is 10.1. The quantitative estimate of drug-likeness (QED) is 0.920. The number of carbonyl (C=O) groups excluding carboxylic acids is 1. The summed E-state index contributed by atoms with van der Waals surface area (Å²) in [5.41, 5.74) is 2.29. The number of carbonyl (C=O) groups is 1. The summed E-state index contributed by atoms with van der Waals surface area (Å²) in [6.07, 6.45) is 3.05. The topological polar surface area (TPSA) is 43.8 Å². The number of piperidine rings is 1. The van der Waals surface area contributed by atoms with Crippen molar-refractivity contribution in [2.45, 2.75) is 26.2 Å². The second kappa shape index (κ2) is 5.78. The first-order valence-corrected chi connectivity index (χ1v) is 7.83. The summed E-state index contributed by atoms with van der Waals surface area (Å²) in [5.74, 6) is 0.183. The van der Waals surface area contributed by atoms with E-state index in [2.05, 4.69) is 17.9 Å². The fourth-order valence-electron chi connectivity index (χ4n) is 3.57. The van der Waals surface area contributed by atoms with Crippen molar-refractivity contribution in [3.63, 3.8) is 0 Å². The van der Waals surface area contributed by atoms with Gasteiger partial charge in [-0.05, 0) is 37.4 Å². The lowest BCUT2D eigenvalue weighted by molar-refractivity contribution is -0.120. The Morgan fingerprint density at radius 3 is 2.95 bits per heavy atom. The highest BCUT2D eigenvalue weighted by Crippen LogP contribution is 2.30. The molecule has 2 aliphatic heterocycles. The molecule has 0 saturated carbocycles. The van der Waals surface area contributed by atoms with E-state index >= 15 is 0 Å². The number of likely N-dealkylation sites (tertiary alicyclic amines) is 1. The number of hydrogen-bond donors (Lipinski definition) is 1. The number of aliphatic hydroxyl groups is 1. The Morgan fingerprint density at radius 1 is 1.33 bits per heavy atom. The van der Waals surface area contributed by atoms with E-state index in [9.17, 15) is 9.90 Å². The van der Waals surface area contributed by atoms with Gasteiger partial charge in [-0.1, -0.05) is 25.1 Å². The van der Waals surface area contributed by atoms with Crippen molar-refractivity contribution in [3.05, 3.63) is 29.8 Å². The molecule has 1 unspecified atom stereocenters. The summed E-state index contributed by atoms with van der Waals surface area (Å²) in [5, 5.41) is 9.52. The number of aliphatic hydroxyl groups excluding tert-OH is 1. The highest BCUT2D eigenvalue weighted by molar-refractivity contribution is 5.96. The zero-order valence-corrected chi connectivity index (χ0v) is 12.7. The molecular formula is C17H24N2O2. The van der Waals surface area contributed by atoms with Crippen LogP contribution in [-0.2, 0) is 11.2 Å². The summed E-state index contributed by atoms with van der Waals surface area (Å²) in [6, 6.07) is 8.17. The minimum atomic E-state index is -0.0541. The second-order valence-electron chi connectivity index (χ2n) is 6.71. The maximum Gasteiger partial charge on any atom is 0.241 e. The average molecular weight is 288 g/mol. The zero-order chi connectivity index (χ0) is 14.9. The summed E-state index contributed by atoms with van der Waals surface area (Å²) in [7, 11) is 0. The molecule has 1 fully saturated rings. The Kier molecular flexibility index (Phi) is 4.00. The van der Waals surface area contributed by atoms with E-state index in [1.54, 1.807) is 0 Å². The van der Waals surface area contributed by atoms with Gasteiger partial charge in [-0.25, -0.2) is 0 Å². The second-order valence-corrected chi connectivity index (χ2v) is 6.71. The number of para-hydroxylation sites is 1. The molecule has 1 saturated heterocycles. The van der Waals surface area contributed by atoms with Gasteiger partial charge in [0.1, 0.15) is 0 Å². The molecule has 2 heterocycles. The molecule has 1 N–H and O–H groups in total. The average Bonchev–Trinajstić information content (AvgIpc) is 2.91. The van der Waals surface area contributed by atoms with Crippen molar-refractivity contribution in [2.75, 3.05) is 37.7 Å². The Morgan fingerprint density at radius 2 is 2.14 bits per heavy atom. The molecule has 4 nitrogen and oxygen atoms in total. The maximum atomic E-state index is 12.6. The number of amides is 1. The lowest BCUT2D eigenvalue weighted by atomic mass is 9.83. The molecule has 1 aromatic rings. The van der Waals surface area contributed by atoms with Gasteiger partial charge in [0, 0.05) is 30.8 Å². The number of nitrogens with zero attached hydrogens (tertiary/aromatic N) is 2. The van der Waals surface area contributed by atoms with E-state index < -0.39 is 0 Å². The Labute approximate surface area is 126 Å². The monoisotopic (exact) mass is 288 g/mol. The van der Waals surface area contributed by atoms with Crippen molar-refractivity contribution >= 4 is 11.6 Å². The van der Waals surface area contributed by atoms with Crippen molar-refractivity contribution < 1.29 is 9.90 Å². The van der Waals surface area contributed by atoms with Crippen LogP contribution >= 0.6 is 0 Å². The largest absolute Gasteiger partial charge is 0.396 e. The third kappa shape index (κ3) is 2.97. The minimum absolute atomic E-state index is 0.0541. The van der Waals surface area contributed by atoms with Crippen LogP contribution in [-0.4, -0.2) is 48.7 Å². The molecule has 3 rings (SSSR count). The molecule has 1 amide bonds. The Bertz CT molecular complexity index is 531. The van der Waals surface area contributed by atoms with Gasteiger partial charge in [-0.15, -0.1) is 0 Å². The van der Waals surface area contributed by atoms with Gasteiger partial charge in [0.25, 0.3) is 0 Å². The predicted molar refractivity (Wildman–Crippen MR) is 83.4 cm³/mol. The van der Waals surface area contributed by atoms with Crippen LogP contribution in [0.3, 0.4) is 0 Å². The van der Waals surface area contributed by atoms with E-state index in [0.717, 1.165) is 44.6 Å². The number of anilines is 1. The standard InChI is InChI=1S/C17H24N2O2/c1-17(13-20)8-4-9-18(12-17)11-16(21)19-10-7-14-5-2-3-6-15(14)19/h2-3,5-6,20H,4,7-13H2,1H3. The van der Waals surface area contributed by atoms with Crippen LogP contribution in [0.2, 0.25) is 0 Å². The van der Waals surface area contributed by atoms with E-state index in [1.807, 2.05) is 23.1 Å². The number of benzene rings is 1. The van der Waals surface area contributed by atoms with Gasteiger partial charge in [-0.3, -0.25) is 9.69 Å². The van der Waals surface area contributed by atoms with Crippen LogP contribution in [0.1, 0.15) is 25.3 Å². The molecule has 0 spiro atoms. The summed E-state index contributed by atoms with van der Waals surface area (Å²) < 4.78 is 0. The van der Waals surface area contributed by atoms with Crippen molar-refractivity contribution in [1.29, 1.82) is 0 Å². The highest BCUT2D eigenvalue weighted by Gasteiger charge is 2.32. The Hall–Kier alpha value is -1.39. The van der Waals surface area contributed by atoms with Crippen LogP contribution in [0, 0.1) is 5.41 Å². The van der Waals surface area contributed by atoms with Gasteiger partial charge in [0.15, 0.2) is 0 Å². The third-order valence-corrected chi connectivity index (χ3v) is 4.79. The molecule has 1 aromatic carbocycles. The van der Waals surface area contributed by atoms with Gasteiger partial charge in [0.05, 0.1) is 6.54 Å². The fourth-order valence-corrected chi connectivity index (χ4v) is 3.57. The lowest BCUT2D eigenvalue weighted by Crippen LogP contribution is -2.48. The molecule has 0 aliphatic carbocycles. The zero-order valence-electron chi connectivity index (χ0n) is 12.7. The van der Waals surface area contributed by atoms with E-state index in [1.165, 1.54) is 5.56 Å². The van der Waals surface area contributed by atoms with Gasteiger partial charge in [0.2, 0.25) is 5.91 Å².